The molecule has 1 atom stereocenters. The van der Waals surface area contributed by atoms with E-state index in [0.29, 0.717) is 28.7 Å². The van der Waals surface area contributed by atoms with Crippen LogP contribution in [0.5, 0.6) is 23.0 Å². The molecule has 134 valence electrons. The third-order valence-corrected chi connectivity index (χ3v) is 4.32. The van der Waals surface area contributed by atoms with Gasteiger partial charge >= 0.3 is 6.03 Å². The molecule has 0 bridgehead atoms. The highest BCUT2D eigenvalue weighted by molar-refractivity contribution is 5.89. The first-order valence-electron chi connectivity index (χ1n) is 8.09. The summed E-state index contributed by atoms with van der Waals surface area (Å²) in [6, 6.07) is 10.6. The Balaban J connectivity index is 1.69. The molecule has 0 spiro atoms. The van der Waals surface area contributed by atoms with Gasteiger partial charge in [-0.05, 0) is 42.0 Å². The molecule has 2 amide bonds. The summed E-state index contributed by atoms with van der Waals surface area (Å²) in [4.78, 5) is 12.2. The predicted octanol–water partition coefficient (Wildman–Crippen LogP) is 2.83. The van der Waals surface area contributed by atoms with Crippen LogP contribution in [0.3, 0.4) is 0 Å². The fraction of sp³-hybridized carbons (Fsp3) is 0.211. The van der Waals surface area contributed by atoms with E-state index < -0.39 is 0 Å². The maximum absolute atomic E-state index is 12.2. The molecule has 0 aliphatic carbocycles. The largest absolute Gasteiger partial charge is 0.493 e. The lowest BCUT2D eigenvalue weighted by Crippen LogP contribution is -2.40. The average molecular weight is 354 g/mol. The first-order valence-corrected chi connectivity index (χ1v) is 8.09. The molecule has 0 saturated heterocycles. The Morgan fingerprint density at radius 1 is 1.00 bits per heavy atom. The van der Waals surface area contributed by atoms with Crippen molar-refractivity contribution in [1.29, 1.82) is 0 Å². The SMILES string of the molecule is COc1ccc(C2=CC(c3ccc4c(c3)OCO4)NC(=O)N2)cc1OC. The van der Waals surface area contributed by atoms with Gasteiger partial charge in [-0.1, -0.05) is 6.07 Å². The lowest BCUT2D eigenvalue weighted by atomic mass is 10.0. The summed E-state index contributed by atoms with van der Waals surface area (Å²) >= 11 is 0. The maximum Gasteiger partial charge on any atom is 0.319 e. The Bertz CT molecular complexity index is 893. The number of fused-ring (bicyclic) bond motifs is 1. The number of carbonyl (C=O) groups excluding carboxylic acids is 1. The number of amides is 2. The van der Waals surface area contributed by atoms with E-state index in [0.717, 1.165) is 11.1 Å². The number of benzene rings is 2. The molecule has 1 unspecified atom stereocenters. The van der Waals surface area contributed by atoms with Crippen molar-refractivity contribution in [2.75, 3.05) is 21.0 Å². The molecule has 2 heterocycles. The molecule has 2 aromatic rings. The molecule has 2 N–H and O–H groups in total. The quantitative estimate of drug-likeness (QED) is 0.883. The van der Waals surface area contributed by atoms with E-state index in [-0.39, 0.29) is 18.9 Å². The fourth-order valence-electron chi connectivity index (χ4n) is 3.01. The number of nitrogens with one attached hydrogen (secondary N) is 2. The smallest absolute Gasteiger partial charge is 0.319 e. The Kier molecular flexibility index (Phi) is 4.04. The fourth-order valence-corrected chi connectivity index (χ4v) is 3.01. The van der Waals surface area contributed by atoms with Crippen molar-refractivity contribution in [2.24, 2.45) is 0 Å². The monoisotopic (exact) mass is 354 g/mol. The Labute approximate surface area is 150 Å². The average Bonchev–Trinajstić information content (AvgIpc) is 3.14. The van der Waals surface area contributed by atoms with Crippen molar-refractivity contribution in [2.45, 2.75) is 6.04 Å². The normalized spacial score (nSPS) is 17.8. The summed E-state index contributed by atoms with van der Waals surface area (Å²) < 4.78 is 21.4. The van der Waals surface area contributed by atoms with E-state index in [2.05, 4.69) is 10.6 Å². The van der Waals surface area contributed by atoms with Gasteiger partial charge < -0.3 is 29.6 Å². The zero-order chi connectivity index (χ0) is 18.1. The van der Waals surface area contributed by atoms with Crippen molar-refractivity contribution >= 4 is 11.7 Å². The van der Waals surface area contributed by atoms with Crippen LogP contribution >= 0.6 is 0 Å². The van der Waals surface area contributed by atoms with Gasteiger partial charge in [-0.25, -0.2) is 4.79 Å². The highest BCUT2D eigenvalue weighted by Crippen LogP contribution is 2.36. The number of hydrogen-bond acceptors (Lipinski definition) is 5. The van der Waals surface area contributed by atoms with Gasteiger partial charge in [0.2, 0.25) is 6.79 Å². The molecule has 7 nitrogen and oxygen atoms in total. The summed E-state index contributed by atoms with van der Waals surface area (Å²) in [5.74, 6) is 2.61. The summed E-state index contributed by atoms with van der Waals surface area (Å²) in [5, 5.41) is 5.73. The van der Waals surface area contributed by atoms with Crippen molar-refractivity contribution in [3.8, 4) is 23.0 Å². The molecular weight excluding hydrogens is 336 g/mol. The lowest BCUT2D eigenvalue weighted by molar-refractivity contribution is 0.174. The zero-order valence-electron chi connectivity index (χ0n) is 14.4. The number of hydrogen-bond donors (Lipinski definition) is 2. The second-order valence-corrected chi connectivity index (χ2v) is 5.84. The van der Waals surface area contributed by atoms with Gasteiger partial charge in [0.15, 0.2) is 23.0 Å². The van der Waals surface area contributed by atoms with Gasteiger partial charge in [-0.3, -0.25) is 0 Å². The van der Waals surface area contributed by atoms with Gasteiger partial charge in [-0.15, -0.1) is 0 Å². The van der Waals surface area contributed by atoms with Crippen LogP contribution in [0.2, 0.25) is 0 Å². The third kappa shape index (κ3) is 2.88. The topological polar surface area (TPSA) is 78.0 Å². The van der Waals surface area contributed by atoms with Gasteiger partial charge in [0, 0.05) is 11.3 Å². The summed E-state index contributed by atoms with van der Waals surface area (Å²) in [6.07, 6.45) is 1.94. The van der Waals surface area contributed by atoms with Crippen LogP contribution in [0.15, 0.2) is 42.5 Å². The molecule has 2 aliphatic heterocycles. The molecule has 2 aromatic carbocycles. The summed E-state index contributed by atoms with van der Waals surface area (Å²) in [7, 11) is 3.16. The van der Waals surface area contributed by atoms with Crippen LogP contribution in [-0.4, -0.2) is 27.0 Å². The second kappa shape index (κ2) is 6.51. The molecule has 0 aromatic heterocycles. The van der Waals surface area contributed by atoms with E-state index in [9.17, 15) is 4.79 Å². The van der Waals surface area contributed by atoms with Crippen LogP contribution in [0, 0.1) is 0 Å². The van der Waals surface area contributed by atoms with Gasteiger partial charge in [0.05, 0.1) is 20.3 Å². The number of ether oxygens (including phenoxy) is 4. The summed E-state index contributed by atoms with van der Waals surface area (Å²) in [5.41, 5.74) is 2.42. The van der Waals surface area contributed by atoms with Crippen molar-refractivity contribution < 1.29 is 23.7 Å². The zero-order valence-corrected chi connectivity index (χ0v) is 14.4. The predicted molar refractivity (Wildman–Crippen MR) is 94.5 cm³/mol. The molecule has 0 radical (unpaired) electrons. The van der Waals surface area contributed by atoms with Crippen LogP contribution < -0.4 is 29.6 Å². The van der Waals surface area contributed by atoms with Crippen LogP contribution in [0.4, 0.5) is 4.79 Å². The molecule has 0 saturated carbocycles. The van der Waals surface area contributed by atoms with Crippen LogP contribution in [-0.2, 0) is 0 Å². The van der Waals surface area contributed by atoms with Gasteiger partial charge in [-0.2, -0.15) is 0 Å². The van der Waals surface area contributed by atoms with Crippen molar-refractivity contribution in [1.82, 2.24) is 10.6 Å². The van der Waals surface area contributed by atoms with Gasteiger partial charge in [0.1, 0.15) is 0 Å². The van der Waals surface area contributed by atoms with E-state index in [4.69, 9.17) is 18.9 Å². The van der Waals surface area contributed by atoms with E-state index in [1.165, 1.54) is 0 Å². The highest BCUT2D eigenvalue weighted by Gasteiger charge is 2.23. The second-order valence-electron chi connectivity index (χ2n) is 5.84. The van der Waals surface area contributed by atoms with Crippen LogP contribution in [0.1, 0.15) is 17.2 Å². The standard InChI is InChI=1S/C19H18N2O5/c1-23-15-5-3-11(7-17(15)24-2)13-9-14(21-19(22)20-13)12-4-6-16-18(8-12)26-10-25-16/h3-9,14H,10H2,1-2H3,(H2,20,21,22). The van der Waals surface area contributed by atoms with Crippen molar-refractivity contribution in [3.05, 3.63) is 53.6 Å². The Hall–Kier alpha value is -3.35. The Morgan fingerprint density at radius 2 is 1.81 bits per heavy atom. The Morgan fingerprint density at radius 3 is 2.62 bits per heavy atom. The molecular formula is C19H18N2O5. The van der Waals surface area contributed by atoms with Crippen LogP contribution in [0.25, 0.3) is 5.70 Å². The number of rotatable bonds is 4. The molecule has 4 rings (SSSR count). The number of methoxy groups -OCH3 is 2. The minimum absolute atomic E-state index is 0.212. The van der Waals surface area contributed by atoms with Crippen molar-refractivity contribution in [3.63, 3.8) is 0 Å². The molecule has 7 heteroatoms. The van der Waals surface area contributed by atoms with E-state index >= 15 is 0 Å². The lowest BCUT2D eigenvalue weighted by Gasteiger charge is -2.24. The maximum atomic E-state index is 12.2. The number of urea groups is 1. The molecule has 0 fully saturated rings. The minimum Gasteiger partial charge on any atom is -0.493 e. The summed E-state index contributed by atoms with van der Waals surface area (Å²) in [6.45, 7) is 0.212. The van der Waals surface area contributed by atoms with E-state index in [1.54, 1.807) is 20.3 Å². The first-order chi connectivity index (χ1) is 12.7. The molecule has 2 aliphatic rings. The molecule has 26 heavy (non-hydrogen) atoms. The van der Waals surface area contributed by atoms with Gasteiger partial charge in [0.25, 0.3) is 0 Å². The first kappa shape index (κ1) is 16.1. The third-order valence-electron chi connectivity index (χ3n) is 4.32. The number of carbonyl (C=O) groups is 1. The van der Waals surface area contributed by atoms with E-state index in [1.807, 2.05) is 36.4 Å². The minimum atomic E-state index is -0.290. The highest BCUT2D eigenvalue weighted by atomic mass is 16.7.